The molecule has 1 N–H and O–H groups in total. The number of rotatable bonds is 2. The molecular weight excluding hydrogens is 304 g/mol. The summed E-state index contributed by atoms with van der Waals surface area (Å²) >= 11 is 6.21. The van der Waals surface area contributed by atoms with Gasteiger partial charge in [-0.25, -0.2) is 4.79 Å². The quantitative estimate of drug-likeness (QED) is 0.922. The van der Waals surface area contributed by atoms with Crippen LogP contribution >= 0.6 is 11.6 Å². The molecule has 0 bridgehead atoms. The first-order valence-corrected chi connectivity index (χ1v) is 7.54. The zero-order valence-electron chi connectivity index (χ0n) is 12.5. The SMILES string of the molecule is CC(C)n1nnc(NC(=O)N2CCc3cccc(Cl)c3C2)n1. The van der Waals surface area contributed by atoms with Crippen LogP contribution < -0.4 is 5.32 Å². The van der Waals surface area contributed by atoms with Crippen LogP contribution in [-0.4, -0.2) is 37.7 Å². The van der Waals surface area contributed by atoms with E-state index >= 15 is 0 Å². The normalized spacial score (nSPS) is 14.1. The summed E-state index contributed by atoms with van der Waals surface area (Å²) < 4.78 is 0. The van der Waals surface area contributed by atoms with E-state index in [4.69, 9.17) is 11.6 Å². The topological polar surface area (TPSA) is 75.9 Å². The highest BCUT2D eigenvalue weighted by molar-refractivity contribution is 6.31. The second-order valence-electron chi connectivity index (χ2n) is 5.51. The summed E-state index contributed by atoms with van der Waals surface area (Å²) in [5.41, 5.74) is 2.20. The standard InChI is InChI=1S/C14H17ClN6O/c1-9(2)21-18-13(17-19-21)16-14(22)20-7-6-10-4-3-5-12(15)11(10)8-20/h3-5,9H,6-8H2,1-2H3,(H,16,18,22). The monoisotopic (exact) mass is 320 g/mol. The highest BCUT2D eigenvalue weighted by Gasteiger charge is 2.23. The van der Waals surface area contributed by atoms with Gasteiger partial charge in [-0.15, -0.1) is 5.10 Å². The second kappa shape index (κ2) is 5.92. The first-order chi connectivity index (χ1) is 10.5. The van der Waals surface area contributed by atoms with Crippen molar-refractivity contribution in [1.29, 1.82) is 0 Å². The predicted octanol–water partition coefficient (Wildman–Crippen LogP) is 2.50. The molecule has 2 aromatic rings. The van der Waals surface area contributed by atoms with E-state index in [1.165, 1.54) is 10.4 Å². The Balaban J connectivity index is 1.70. The Kier molecular flexibility index (Phi) is 3.98. The van der Waals surface area contributed by atoms with Crippen molar-refractivity contribution < 1.29 is 4.79 Å². The minimum Gasteiger partial charge on any atom is -0.320 e. The number of halogens is 1. The Hall–Kier alpha value is -2.15. The minimum absolute atomic E-state index is 0.0961. The molecule has 2 heterocycles. The Morgan fingerprint density at radius 3 is 2.95 bits per heavy atom. The highest BCUT2D eigenvalue weighted by Crippen LogP contribution is 2.26. The van der Waals surface area contributed by atoms with Gasteiger partial charge in [0.2, 0.25) is 0 Å². The van der Waals surface area contributed by atoms with Crippen LogP contribution in [0.3, 0.4) is 0 Å². The molecule has 3 rings (SSSR count). The molecule has 0 spiro atoms. The van der Waals surface area contributed by atoms with Crippen molar-refractivity contribution >= 4 is 23.6 Å². The molecule has 22 heavy (non-hydrogen) atoms. The van der Waals surface area contributed by atoms with E-state index in [-0.39, 0.29) is 18.0 Å². The number of fused-ring (bicyclic) bond motifs is 1. The Labute approximate surface area is 133 Å². The lowest BCUT2D eigenvalue weighted by atomic mass is 10.00. The van der Waals surface area contributed by atoms with Crippen molar-refractivity contribution in [3.63, 3.8) is 0 Å². The maximum Gasteiger partial charge on any atom is 0.324 e. The maximum absolute atomic E-state index is 12.3. The van der Waals surface area contributed by atoms with Crippen LogP contribution in [0.15, 0.2) is 18.2 Å². The number of anilines is 1. The fourth-order valence-corrected chi connectivity index (χ4v) is 2.64. The Bertz CT molecular complexity index is 698. The van der Waals surface area contributed by atoms with Gasteiger partial charge in [-0.05, 0) is 42.7 Å². The zero-order chi connectivity index (χ0) is 15.7. The number of carbonyl (C=O) groups is 1. The van der Waals surface area contributed by atoms with E-state index < -0.39 is 0 Å². The third kappa shape index (κ3) is 2.89. The number of benzene rings is 1. The van der Waals surface area contributed by atoms with Crippen LogP contribution in [0.4, 0.5) is 10.7 Å². The lowest BCUT2D eigenvalue weighted by Crippen LogP contribution is -2.39. The maximum atomic E-state index is 12.3. The first-order valence-electron chi connectivity index (χ1n) is 7.16. The summed E-state index contributed by atoms with van der Waals surface area (Å²) in [6.45, 7) is 5.00. The molecule has 1 aromatic heterocycles. The molecule has 0 radical (unpaired) electrons. The van der Waals surface area contributed by atoms with Crippen molar-refractivity contribution in [3.8, 4) is 0 Å². The largest absolute Gasteiger partial charge is 0.324 e. The van der Waals surface area contributed by atoms with Gasteiger partial charge in [-0.2, -0.15) is 4.80 Å². The van der Waals surface area contributed by atoms with Crippen LogP contribution in [0.1, 0.15) is 31.0 Å². The van der Waals surface area contributed by atoms with Gasteiger partial charge in [0.15, 0.2) is 0 Å². The van der Waals surface area contributed by atoms with Crippen molar-refractivity contribution in [1.82, 2.24) is 25.1 Å². The highest BCUT2D eigenvalue weighted by atomic mass is 35.5. The smallest absolute Gasteiger partial charge is 0.320 e. The lowest BCUT2D eigenvalue weighted by molar-refractivity contribution is 0.206. The number of hydrogen-bond donors (Lipinski definition) is 1. The molecular formula is C14H17ClN6O. The number of aromatic nitrogens is 4. The molecule has 0 unspecified atom stereocenters. The molecule has 0 aliphatic carbocycles. The Morgan fingerprint density at radius 1 is 1.41 bits per heavy atom. The van der Waals surface area contributed by atoms with Gasteiger partial charge in [-0.1, -0.05) is 28.8 Å². The van der Waals surface area contributed by atoms with Gasteiger partial charge in [0.25, 0.3) is 5.95 Å². The summed E-state index contributed by atoms with van der Waals surface area (Å²) in [7, 11) is 0. The first kappa shape index (κ1) is 14.8. The summed E-state index contributed by atoms with van der Waals surface area (Å²) in [4.78, 5) is 15.5. The lowest BCUT2D eigenvalue weighted by Gasteiger charge is -2.29. The van der Waals surface area contributed by atoms with Crippen LogP contribution in [0.2, 0.25) is 5.02 Å². The molecule has 116 valence electrons. The van der Waals surface area contributed by atoms with Gasteiger partial charge in [-0.3, -0.25) is 5.32 Å². The number of amides is 2. The third-order valence-electron chi connectivity index (χ3n) is 3.61. The van der Waals surface area contributed by atoms with Gasteiger partial charge < -0.3 is 4.90 Å². The molecule has 7 nitrogen and oxygen atoms in total. The number of carbonyl (C=O) groups excluding carboxylic acids is 1. The molecule has 1 aromatic carbocycles. The zero-order valence-corrected chi connectivity index (χ0v) is 13.2. The molecule has 0 atom stereocenters. The minimum atomic E-state index is -0.242. The van der Waals surface area contributed by atoms with Gasteiger partial charge in [0.1, 0.15) is 0 Å². The predicted molar refractivity (Wildman–Crippen MR) is 82.8 cm³/mol. The summed E-state index contributed by atoms with van der Waals surface area (Å²) in [6, 6.07) is 5.68. The van der Waals surface area contributed by atoms with E-state index in [1.807, 2.05) is 32.0 Å². The van der Waals surface area contributed by atoms with E-state index in [0.717, 1.165) is 12.0 Å². The van der Waals surface area contributed by atoms with E-state index in [9.17, 15) is 4.79 Å². The van der Waals surface area contributed by atoms with Crippen LogP contribution in [0.25, 0.3) is 0 Å². The fourth-order valence-electron chi connectivity index (χ4n) is 2.38. The van der Waals surface area contributed by atoms with Crippen molar-refractivity contribution in [3.05, 3.63) is 34.3 Å². The van der Waals surface area contributed by atoms with Gasteiger partial charge in [0.05, 0.1) is 6.04 Å². The summed E-state index contributed by atoms with van der Waals surface area (Å²) in [5, 5.41) is 15.2. The van der Waals surface area contributed by atoms with E-state index in [2.05, 4.69) is 20.7 Å². The van der Waals surface area contributed by atoms with Crippen LogP contribution in [0.5, 0.6) is 0 Å². The number of nitrogens with one attached hydrogen (secondary N) is 1. The van der Waals surface area contributed by atoms with Crippen molar-refractivity contribution in [2.45, 2.75) is 32.9 Å². The Morgan fingerprint density at radius 2 is 2.23 bits per heavy atom. The molecule has 8 heteroatoms. The molecule has 0 fully saturated rings. The molecule has 0 saturated carbocycles. The molecule has 0 saturated heterocycles. The fraction of sp³-hybridized carbons (Fsp3) is 0.429. The van der Waals surface area contributed by atoms with Crippen molar-refractivity contribution in [2.24, 2.45) is 0 Å². The molecule has 1 aliphatic heterocycles. The number of urea groups is 1. The average Bonchev–Trinajstić information content (AvgIpc) is 2.96. The van der Waals surface area contributed by atoms with Gasteiger partial charge >= 0.3 is 6.03 Å². The summed E-state index contributed by atoms with van der Waals surface area (Å²) in [6.07, 6.45) is 0.787. The van der Waals surface area contributed by atoms with Crippen molar-refractivity contribution in [2.75, 3.05) is 11.9 Å². The molecule has 2 amide bonds. The van der Waals surface area contributed by atoms with Crippen LogP contribution in [-0.2, 0) is 13.0 Å². The number of hydrogen-bond acceptors (Lipinski definition) is 4. The van der Waals surface area contributed by atoms with E-state index in [1.54, 1.807) is 4.90 Å². The number of tetrazole rings is 1. The molecule has 1 aliphatic rings. The third-order valence-corrected chi connectivity index (χ3v) is 3.97. The van der Waals surface area contributed by atoms with Gasteiger partial charge in [0, 0.05) is 18.1 Å². The average molecular weight is 321 g/mol. The second-order valence-corrected chi connectivity index (χ2v) is 5.91. The summed E-state index contributed by atoms with van der Waals surface area (Å²) in [5.74, 6) is 0.212. The number of nitrogens with zero attached hydrogens (tertiary/aromatic N) is 5. The van der Waals surface area contributed by atoms with Crippen LogP contribution in [0, 0.1) is 0 Å². The van der Waals surface area contributed by atoms with E-state index in [0.29, 0.717) is 18.1 Å².